The molecule has 2 aromatic rings. The van der Waals surface area contributed by atoms with E-state index in [2.05, 4.69) is 21.2 Å². The Bertz CT molecular complexity index is 734. The number of nitrogens with one attached hydrogen (secondary N) is 1. The molecule has 0 heterocycles. The minimum atomic E-state index is -1.11. The second kappa shape index (κ2) is 6.47. The summed E-state index contributed by atoms with van der Waals surface area (Å²) in [7, 11) is 0. The molecule has 0 aliphatic rings. The van der Waals surface area contributed by atoms with E-state index in [1.807, 2.05) is 0 Å². The molecule has 0 spiro atoms. The molecule has 0 aliphatic carbocycles. The molecule has 0 fully saturated rings. The SMILES string of the molecule is O=C(O)c1ccc(Cl)c(NC(=O)c2cc(Br)ccc2Cl)c1. The number of hydrogen-bond donors (Lipinski definition) is 2. The summed E-state index contributed by atoms with van der Waals surface area (Å²) in [6, 6.07) is 8.89. The lowest BCUT2D eigenvalue weighted by molar-refractivity contribution is 0.0696. The average molecular weight is 389 g/mol. The Labute approximate surface area is 138 Å². The molecule has 4 nitrogen and oxygen atoms in total. The van der Waals surface area contributed by atoms with E-state index in [9.17, 15) is 9.59 Å². The molecule has 2 N–H and O–H groups in total. The third kappa shape index (κ3) is 3.75. The molecular formula is C14H8BrCl2NO3. The van der Waals surface area contributed by atoms with Gasteiger partial charge in [0.25, 0.3) is 5.91 Å². The van der Waals surface area contributed by atoms with Gasteiger partial charge in [0.05, 0.1) is 26.9 Å². The molecule has 2 aromatic carbocycles. The number of anilines is 1. The minimum absolute atomic E-state index is 0.0232. The monoisotopic (exact) mass is 387 g/mol. The van der Waals surface area contributed by atoms with Gasteiger partial charge in [-0.2, -0.15) is 0 Å². The Morgan fingerprint density at radius 3 is 2.38 bits per heavy atom. The Balaban J connectivity index is 2.33. The highest BCUT2D eigenvalue weighted by Gasteiger charge is 2.14. The van der Waals surface area contributed by atoms with Crippen molar-refractivity contribution in [1.82, 2.24) is 0 Å². The second-order valence-electron chi connectivity index (χ2n) is 4.08. The first-order chi connectivity index (χ1) is 9.88. The highest BCUT2D eigenvalue weighted by atomic mass is 79.9. The highest BCUT2D eigenvalue weighted by molar-refractivity contribution is 9.10. The standard InChI is InChI=1S/C14H8BrCl2NO3/c15-8-2-4-10(16)9(6-8)13(19)18-12-5-7(14(20)21)1-3-11(12)17/h1-6H,(H,18,19)(H,20,21). The van der Waals surface area contributed by atoms with E-state index < -0.39 is 11.9 Å². The third-order valence-electron chi connectivity index (χ3n) is 2.63. The smallest absolute Gasteiger partial charge is 0.335 e. The largest absolute Gasteiger partial charge is 0.478 e. The zero-order valence-corrected chi connectivity index (χ0v) is 13.5. The Hall–Kier alpha value is -1.56. The number of halogens is 3. The molecule has 0 bridgehead atoms. The predicted octanol–water partition coefficient (Wildman–Crippen LogP) is 4.71. The lowest BCUT2D eigenvalue weighted by Gasteiger charge is -2.09. The Morgan fingerprint density at radius 2 is 1.71 bits per heavy atom. The Kier molecular flexibility index (Phi) is 4.88. The number of carboxylic acid groups (broad SMARTS) is 1. The molecule has 0 aromatic heterocycles. The van der Waals surface area contributed by atoms with Crippen LogP contribution in [0.4, 0.5) is 5.69 Å². The number of carbonyl (C=O) groups excluding carboxylic acids is 1. The van der Waals surface area contributed by atoms with Crippen LogP contribution in [-0.4, -0.2) is 17.0 Å². The average Bonchev–Trinajstić information content (AvgIpc) is 2.43. The van der Waals surface area contributed by atoms with Crippen molar-refractivity contribution in [3.05, 3.63) is 62.0 Å². The molecule has 7 heteroatoms. The molecule has 0 aliphatic heterocycles. The van der Waals surface area contributed by atoms with E-state index in [1.54, 1.807) is 18.2 Å². The molecule has 0 atom stereocenters. The van der Waals surface area contributed by atoms with Crippen molar-refractivity contribution in [2.45, 2.75) is 0 Å². The topological polar surface area (TPSA) is 66.4 Å². The molecule has 2 rings (SSSR count). The zero-order chi connectivity index (χ0) is 15.6. The third-order valence-corrected chi connectivity index (χ3v) is 3.79. The number of rotatable bonds is 3. The van der Waals surface area contributed by atoms with Gasteiger partial charge in [0.15, 0.2) is 0 Å². The first-order valence-corrected chi connectivity index (χ1v) is 7.22. The molecule has 21 heavy (non-hydrogen) atoms. The maximum Gasteiger partial charge on any atom is 0.335 e. The van der Waals surface area contributed by atoms with Crippen molar-refractivity contribution < 1.29 is 14.7 Å². The normalized spacial score (nSPS) is 10.2. The van der Waals surface area contributed by atoms with Crippen LogP contribution in [0.3, 0.4) is 0 Å². The quantitative estimate of drug-likeness (QED) is 0.800. The van der Waals surface area contributed by atoms with Gasteiger partial charge in [-0.05, 0) is 36.4 Å². The summed E-state index contributed by atoms with van der Waals surface area (Å²) in [6.07, 6.45) is 0. The summed E-state index contributed by atoms with van der Waals surface area (Å²) in [4.78, 5) is 23.1. The van der Waals surface area contributed by atoms with Crippen molar-refractivity contribution in [1.29, 1.82) is 0 Å². The van der Waals surface area contributed by atoms with Gasteiger partial charge in [0, 0.05) is 4.47 Å². The molecule has 0 saturated heterocycles. The van der Waals surface area contributed by atoms with Gasteiger partial charge in [-0.1, -0.05) is 39.1 Å². The molecule has 108 valence electrons. The van der Waals surface area contributed by atoms with Gasteiger partial charge >= 0.3 is 5.97 Å². The van der Waals surface area contributed by atoms with Gasteiger partial charge in [-0.15, -0.1) is 0 Å². The van der Waals surface area contributed by atoms with Crippen molar-refractivity contribution in [3.8, 4) is 0 Å². The van der Waals surface area contributed by atoms with Gasteiger partial charge in [-0.3, -0.25) is 4.79 Å². The van der Waals surface area contributed by atoms with Crippen LogP contribution in [0.2, 0.25) is 10.0 Å². The van der Waals surface area contributed by atoms with E-state index in [0.717, 1.165) is 0 Å². The van der Waals surface area contributed by atoms with E-state index >= 15 is 0 Å². The van der Waals surface area contributed by atoms with E-state index in [-0.39, 0.29) is 26.9 Å². The van der Waals surface area contributed by atoms with Crippen LogP contribution in [0.15, 0.2) is 40.9 Å². The summed E-state index contributed by atoms with van der Waals surface area (Å²) < 4.78 is 0.697. The van der Waals surface area contributed by atoms with E-state index in [0.29, 0.717) is 4.47 Å². The van der Waals surface area contributed by atoms with E-state index in [1.165, 1.54) is 18.2 Å². The van der Waals surface area contributed by atoms with Crippen molar-refractivity contribution >= 4 is 56.7 Å². The number of benzene rings is 2. The number of carboxylic acids is 1. The molecule has 0 radical (unpaired) electrons. The van der Waals surface area contributed by atoms with Crippen molar-refractivity contribution in [3.63, 3.8) is 0 Å². The fourth-order valence-corrected chi connectivity index (χ4v) is 2.34. The maximum absolute atomic E-state index is 12.2. The summed E-state index contributed by atoms with van der Waals surface area (Å²) in [5.74, 6) is -1.59. The van der Waals surface area contributed by atoms with Crippen LogP contribution in [0.25, 0.3) is 0 Å². The molecular weight excluding hydrogens is 381 g/mol. The molecule has 0 saturated carbocycles. The fourth-order valence-electron chi connectivity index (χ4n) is 1.62. The van der Waals surface area contributed by atoms with Crippen LogP contribution in [0.1, 0.15) is 20.7 Å². The summed E-state index contributed by atoms with van der Waals surface area (Å²) in [5, 5.41) is 12.0. The first-order valence-electron chi connectivity index (χ1n) is 5.67. The first kappa shape index (κ1) is 15.8. The van der Waals surface area contributed by atoms with Gasteiger partial charge in [-0.25, -0.2) is 4.79 Å². The Morgan fingerprint density at radius 1 is 1.05 bits per heavy atom. The second-order valence-corrected chi connectivity index (χ2v) is 5.81. The number of amides is 1. The highest BCUT2D eigenvalue weighted by Crippen LogP contribution is 2.26. The van der Waals surface area contributed by atoms with Gasteiger partial charge in [0.1, 0.15) is 0 Å². The van der Waals surface area contributed by atoms with Crippen LogP contribution < -0.4 is 5.32 Å². The van der Waals surface area contributed by atoms with Crippen molar-refractivity contribution in [2.75, 3.05) is 5.32 Å². The number of aromatic carboxylic acids is 1. The van der Waals surface area contributed by atoms with Gasteiger partial charge in [0.2, 0.25) is 0 Å². The molecule has 1 amide bonds. The predicted molar refractivity (Wildman–Crippen MR) is 85.5 cm³/mol. The number of carbonyl (C=O) groups is 2. The number of hydrogen-bond acceptors (Lipinski definition) is 2. The van der Waals surface area contributed by atoms with Crippen LogP contribution in [0.5, 0.6) is 0 Å². The summed E-state index contributed by atoms with van der Waals surface area (Å²) in [5.41, 5.74) is 0.482. The van der Waals surface area contributed by atoms with E-state index in [4.69, 9.17) is 28.3 Å². The minimum Gasteiger partial charge on any atom is -0.478 e. The molecule has 0 unspecified atom stereocenters. The zero-order valence-electron chi connectivity index (χ0n) is 10.4. The fraction of sp³-hybridized carbons (Fsp3) is 0. The van der Waals surface area contributed by atoms with Crippen LogP contribution in [-0.2, 0) is 0 Å². The lowest BCUT2D eigenvalue weighted by atomic mass is 10.1. The summed E-state index contributed by atoms with van der Waals surface area (Å²) >= 11 is 15.2. The van der Waals surface area contributed by atoms with Crippen LogP contribution >= 0.6 is 39.1 Å². The summed E-state index contributed by atoms with van der Waals surface area (Å²) in [6.45, 7) is 0. The van der Waals surface area contributed by atoms with Gasteiger partial charge < -0.3 is 10.4 Å². The lowest BCUT2D eigenvalue weighted by Crippen LogP contribution is -2.13. The van der Waals surface area contributed by atoms with Crippen LogP contribution in [0, 0.1) is 0 Å². The van der Waals surface area contributed by atoms with Crippen molar-refractivity contribution in [2.24, 2.45) is 0 Å². The maximum atomic E-state index is 12.2.